The van der Waals surface area contributed by atoms with Gasteiger partial charge in [-0.05, 0) is 77.6 Å². The van der Waals surface area contributed by atoms with Gasteiger partial charge in [0.25, 0.3) is 5.91 Å². The maximum Gasteiger partial charge on any atom is 0.264 e. The van der Waals surface area contributed by atoms with E-state index in [9.17, 15) is 4.79 Å². The number of rotatable bonds is 3. The number of nitrogens with zero attached hydrogens (tertiary/aromatic N) is 2. The summed E-state index contributed by atoms with van der Waals surface area (Å²) in [7, 11) is 0. The number of halogens is 1. The number of hydrogen-bond acceptors (Lipinski definition) is 5. The molecule has 5 nitrogen and oxygen atoms in total. The van der Waals surface area contributed by atoms with E-state index in [1.165, 1.54) is 35.7 Å². The van der Waals surface area contributed by atoms with Gasteiger partial charge >= 0.3 is 0 Å². The number of hydrogen-bond donors (Lipinski definition) is 1. The zero-order valence-corrected chi connectivity index (χ0v) is 17.6. The van der Waals surface area contributed by atoms with Gasteiger partial charge in [0.2, 0.25) is 5.88 Å². The summed E-state index contributed by atoms with van der Waals surface area (Å²) in [5.41, 5.74) is 3.23. The summed E-state index contributed by atoms with van der Waals surface area (Å²) in [6.45, 7) is 6.13. The third-order valence-corrected chi connectivity index (χ3v) is 6.20. The minimum Gasteiger partial charge on any atom is -0.440 e. The summed E-state index contributed by atoms with van der Waals surface area (Å²) in [5, 5.41) is 3.41. The lowest BCUT2D eigenvalue weighted by atomic mass is 10.1. The zero-order chi connectivity index (χ0) is 19.0. The van der Waals surface area contributed by atoms with Crippen molar-refractivity contribution in [2.45, 2.75) is 26.7 Å². The minimum atomic E-state index is -0.155. The van der Waals surface area contributed by atoms with Crippen molar-refractivity contribution < 1.29 is 9.21 Å². The molecule has 2 aliphatic rings. The van der Waals surface area contributed by atoms with Crippen molar-refractivity contribution in [2.75, 3.05) is 18.0 Å². The molecule has 2 aliphatic heterocycles. The lowest BCUT2D eigenvalue weighted by molar-refractivity contribution is -0.115. The van der Waals surface area contributed by atoms with Crippen LogP contribution in [0.15, 0.2) is 43.1 Å². The average molecular weight is 446 g/mol. The molecule has 0 atom stereocenters. The van der Waals surface area contributed by atoms with Gasteiger partial charge < -0.3 is 14.6 Å². The summed E-state index contributed by atoms with van der Waals surface area (Å²) in [6.07, 6.45) is 4.13. The van der Waals surface area contributed by atoms with E-state index in [1.54, 1.807) is 6.08 Å². The average Bonchev–Trinajstić information content (AvgIpc) is 3.33. The molecule has 0 saturated carbocycles. The van der Waals surface area contributed by atoms with E-state index >= 15 is 0 Å². The molecule has 0 radical (unpaired) electrons. The Morgan fingerprint density at radius 3 is 2.74 bits per heavy atom. The van der Waals surface area contributed by atoms with Gasteiger partial charge in [-0.15, -0.1) is 0 Å². The highest BCUT2D eigenvalue weighted by Gasteiger charge is 2.25. The Kier molecular flexibility index (Phi) is 5.14. The van der Waals surface area contributed by atoms with Crippen LogP contribution in [0.2, 0.25) is 0 Å². The quantitative estimate of drug-likeness (QED) is 0.663. The number of amides is 1. The predicted octanol–water partition coefficient (Wildman–Crippen LogP) is 5.15. The largest absolute Gasteiger partial charge is 0.440 e. The van der Waals surface area contributed by atoms with Gasteiger partial charge in [-0.1, -0.05) is 6.07 Å². The second-order valence-electron chi connectivity index (χ2n) is 6.75. The Morgan fingerprint density at radius 1 is 1.22 bits per heavy atom. The van der Waals surface area contributed by atoms with Crippen molar-refractivity contribution in [3.63, 3.8) is 0 Å². The molecule has 0 unspecified atom stereocenters. The smallest absolute Gasteiger partial charge is 0.264 e. The van der Waals surface area contributed by atoms with Crippen LogP contribution in [0.4, 0.5) is 11.6 Å². The standard InChI is InChI=1S/C20H20BrN3O2S/c1-12-5-6-14(9-13(12)2)22-20-23-18(25)17(27-20)11-15-10-16(21)19(26-15)24-7-3-4-8-24/h5-6,9-11H,3-4,7-8H2,1-2H3,(H,22,23,25)/b17-11-. The Labute approximate surface area is 171 Å². The molecule has 4 rings (SSSR count). The van der Waals surface area contributed by atoms with Gasteiger partial charge in [0.15, 0.2) is 5.17 Å². The highest BCUT2D eigenvalue weighted by molar-refractivity contribution is 9.10. The second kappa shape index (κ2) is 7.56. The molecule has 140 valence electrons. The van der Waals surface area contributed by atoms with Gasteiger partial charge in [0.05, 0.1) is 15.1 Å². The summed E-state index contributed by atoms with van der Waals surface area (Å²) in [5.74, 6) is 1.35. The lowest BCUT2D eigenvalue weighted by Crippen LogP contribution is -2.19. The summed E-state index contributed by atoms with van der Waals surface area (Å²) in [6, 6.07) is 7.92. The van der Waals surface area contributed by atoms with E-state index in [0.29, 0.717) is 15.8 Å². The van der Waals surface area contributed by atoms with Crippen LogP contribution in [-0.4, -0.2) is 24.2 Å². The first-order valence-corrected chi connectivity index (χ1v) is 10.5. The van der Waals surface area contributed by atoms with Gasteiger partial charge in [0, 0.05) is 25.2 Å². The molecule has 1 amide bonds. The first kappa shape index (κ1) is 18.4. The number of thioether (sulfide) groups is 1. The van der Waals surface area contributed by atoms with Crippen LogP contribution in [0.5, 0.6) is 0 Å². The molecule has 1 N–H and O–H groups in total. The van der Waals surface area contributed by atoms with Crippen molar-refractivity contribution in [1.82, 2.24) is 5.32 Å². The third kappa shape index (κ3) is 3.99. The number of carbonyl (C=O) groups excluding carboxylic acids is 1. The van der Waals surface area contributed by atoms with Crippen molar-refractivity contribution in [3.8, 4) is 0 Å². The Balaban J connectivity index is 1.54. The van der Waals surface area contributed by atoms with Crippen LogP contribution < -0.4 is 10.2 Å². The third-order valence-electron chi connectivity index (χ3n) is 4.73. The van der Waals surface area contributed by atoms with E-state index in [0.717, 1.165) is 29.1 Å². The number of furan rings is 1. The molecule has 1 aromatic carbocycles. The fraction of sp³-hybridized carbons (Fsp3) is 0.300. The molecular weight excluding hydrogens is 426 g/mol. The number of aliphatic imine (C=N–C) groups is 1. The number of carbonyl (C=O) groups is 1. The van der Waals surface area contributed by atoms with E-state index in [-0.39, 0.29) is 5.91 Å². The lowest BCUT2D eigenvalue weighted by Gasteiger charge is -2.13. The zero-order valence-electron chi connectivity index (χ0n) is 15.2. The molecule has 2 aromatic rings. The number of benzene rings is 1. The van der Waals surface area contributed by atoms with Crippen molar-refractivity contribution in [3.05, 3.63) is 50.5 Å². The molecule has 0 spiro atoms. The van der Waals surface area contributed by atoms with Crippen molar-refractivity contribution >= 4 is 56.4 Å². The van der Waals surface area contributed by atoms with Gasteiger partial charge in [0.1, 0.15) is 5.76 Å². The highest BCUT2D eigenvalue weighted by Crippen LogP contribution is 2.35. The van der Waals surface area contributed by atoms with E-state index in [4.69, 9.17) is 4.42 Å². The Bertz CT molecular complexity index is 958. The van der Waals surface area contributed by atoms with Gasteiger partial charge in [-0.3, -0.25) is 4.79 Å². The molecule has 27 heavy (non-hydrogen) atoms. The monoisotopic (exact) mass is 445 g/mol. The van der Waals surface area contributed by atoms with Crippen molar-refractivity contribution in [1.29, 1.82) is 0 Å². The fourth-order valence-corrected chi connectivity index (χ4v) is 4.48. The second-order valence-corrected chi connectivity index (χ2v) is 8.63. The van der Waals surface area contributed by atoms with Gasteiger partial charge in [-0.25, -0.2) is 4.99 Å². The predicted molar refractivity (Wildman–Crippen MR) is 115 cm³/mol. The van der Waals surface area contributed by atoms with E-state index in [1.807, 2.05) is 24.3 Å². The summed E-state index contributed by atoms with van der Waals surface area (Å²) >= 11 is 4.89. The van der Waals surface area contributed by atoms with Crippen LogP contribution in [0.3, 0.4) is 0 Å². The Morgan fingerprint density at radius 2 is 2.00 bits per heavy atom. The van der Waals surface area contributed by atoms with Crippen LogP contribution in [-0.2, 0) is 4.79 Å². The highest BCUT2D eigenvalue weighted by atomic mass is 79.9. The normalized spacial score (nSPS) is 20.1. The molecule has 1 aromatic heterocycles. The fourth-order valence-electron chi connectivity index (χ4n) is 3.11. The van der Waals surface area contributed by atoms with E-state index in [2.05, 4.69) is 45.0 Å². The van der Waals surface area contributed by atoms with Crippen LogP contribution in [0.1, 0.15) is 29.7 Å². The topological polar surface area (TPSA) is 57.8 Å². The first-order valence-electron chi connectivity index (χ1n) is 8.91. The molecular formula is C20H20BrN3O2S. The Hall–Kier alpha value is -1.99. The maximum atomic E-state index is 12.3. The molecule has 7 heteroatoms. The number of aryl methyl sites for hydroxylation is 2. The van der Waals surface area contributed by atoms with E-state index < -0.39 is 0 Å². The SMILES string of the molecule is Cc1ccc(N=C2NC(=O)/C(=C/c3cc(Br)c(N4CCCC4)o3)S2)cc1C. The van der Waals surface area contributed by atoms with Crippen LogP contribution in [0, 0.1) is 13.8 Å². The summed E-state index contributed by atoms with van der Waals surface area (Å²) < 4.78 is 6.88. The molecule has 0 aliphatic carbocycles. The number of amidine groups is 1. The number of nitrogens with one attached hydrogen (secondary N) is 1. The molecule has 3 heterocycles. The molecule has 2 saturated heterocycles. The van der Waals surface area contributed by atoms with Gasteiger partial charge in [-0.2, -0.15) is 0 Å². The first-order chi connectivity index (χ1) is 13.0. The maximum absolute atomic E-state index is 12.3. The van der Waals surface area contributed by atoms with Crippen LogP contribution in [0.25, 0.3) is 6.08 Å². The van der Waals surface area contributed by atoms with Crippen LogP contribution >= 0.6 is 27.7 Å². The molecule has 0 bridgehead atoms. The summed E-state index contributed by atoms with van der Waals surface area (Å²) in [4.78, 5) is 19.6. The minimum absolute atomic E-state index is 0.155. The molecule has 2 fully saturated rings. The number of anilines is 1. The van der Waals surface area contributed by atoms with Crippen molar-refractivity contribution in [2.24, 2.45) is 4.99 Å².